The van der Waals surface area contributed by atoms with Crippen LogP contribution in [0, 0.1) is 12.8 Å². The lowest BCUT2D eigenvalue weighted by molar-refractivity contribution is -0.234. The highest BCUT2D eigenvalue weighted by Gasteiger charge is 2.51. The summed E-state index contributed by atoms with van der Waals surface area (Å²) in [5, 5.41) is 10.8. The van der Waals surface area contributed by atoms with Crippen LogP contribution in [-0.2, 0) is 27.7 Å². The zero-order chi connectivity index (χ0) is 29.6. The number of hydrogen-bond donors (Lipinski definition) is 6. The highest BCUT2D eigenvalue weighted by Crippen LogP contribution is 2.47. The summed E-state index contributed by atoms with van der Waals surface area (Å²) in [6.07, 6.45) is -6.82. The Hall–Kier alpha value is -2.54. The van der Waals surface area contributed by atoms with Crippen molar-refractivity contribution in [1.29, 1.82) is 0 Å². The standard InChI is InChI=1S/C19H27N5O14P2/c1-8-6-24(19(28)22-17(8)26)14-5-10(25)16(37-14)15(38-40(32,33)34)9-4-13(23-3-2-12(20)21-18(23)27)36-11(9)7-35-39(29,30)31/h2-3,6,9-11,13-16,25H,4-5,7H2,1H3,(H2,20,21,27)(H,22,26,28)(H2,29,30,31)(H2,32,33,34)/p-1/t9?,10-,11-,13+,14+,15?,16+/m0/s1. The molecule has 4 rings (SSSR count). The Labute approximate surface area is 223 Å². The van der Waals surface area contributed by atoms with Gasteiger partial charge in [0.05, 0.1) is 18.8 Å². The van der Waals surface area contributed by atoms with Crippen LogP contribution in [0.1, 0.15) is 30.9 Å². The first kappa shape index (κ1) is 30.4. The number of ether oxygens (including phenoxy) is 2. The van der Waals surface area contributed by atoms with Crippen LogP contribution >= 0.6 is 15.6 Å². The highest BCUT2D eigenvalue weighted by atomic mass is 31.2. The number of aryl methyl sites for hydroxylation is 1. The molecule has 0 amide bonds. The number of nitrogens with one attached hydrogen (secondary N) is 1. The van der Waals surface area contributed by atoms with E-state index in [1.54, 1.807) is 0 Å². The quantitative estimate of drug-likeness (QED) is 0.156. The molecule has 0 saturated carbocycles. The number of nitrogen functional groups attached to an aromatic ring is 1. The zero-order valence-corrected chi connectivity index (χ0v) is 22.4. The van der Waals surface area contributed by atoms with Crippen LogP contribution in [0.2, 0.25) is 0 Å². The van der Waals surface area contributed by atoms with Gasteiger partial charge in [0.2, 0.25) is 0 Å². The molecule has 21 heteroatoms. The third-order valence-corrected chi connectivity index (χ3v) is 7.44. The van der Waals surface area contributed by atoms with E-state index in [1.165, 1.54) is 25.4 Å². The van der Waals surface area contributed by atoms with Crippen molar-refractivity contribution in [2.75, 3.05) is 12.3 Å². The molecule has 40 heavy (non-hydrogen) atoms. The third kappa shape index (κ3) is 7.02. The maximum Gasteiger partial charge on any atom is 0.469 e. The van der Waals surface area contributed by atoms with Crippen molar-refractivity contribution < 1.29 is 52.3 Å². The van der Waals surface area contributed by atoms with Gasteiger partial charge in [-0.25, -0.2) is 14.2 Å². The van der Waals surface area contributed by atoms with Gasteiger partial charge < -0.3 is 44.4 Å². The average molecular weight is 610 g/mol. The number of hydrogen-bond acceptors (Lipinski definition) is 13. The molecule has 2 aromatic heterocycles. The molecule has 0 bridgehead atoms. The van der Waals surface area contributed by atoms with Gasteiger partial charge in [0.15, 0.2) is 0 Å². The summed E-state index contributed by atoms with van der Waals surface area (Å²) in [4.78, 5) is 82.0. The van der Waals surface area contributed by atoms with Crippen LogP contribution in [0.4, 0.5) is 5.82 Å². The van der Waals surface area contributed by atoms with E-state index in [9.17, 15) is 48.2 Å². The van der Waals surface area contributed by atoms with Gasteiger partial charge in [0.25, 0.3) is 13.4 Å². The Morgan fingerprint density at radius 3 is 2.50 bits per heavy atom. The van der Waals surface area contributed by atoms with Gasteiger partial charge in [0.1, 0.15) is 30.5 Å². The van der Waals surface area contributed by atoms with E-state index in [1.807, 2.05) is 0 Å². The van der Waals surface area contributed by atoms with Crippen LogP contribution in [0.5, 0.6) is 0 Å². The molecule has 222 valence electrons. The van der Waals surface area contributed by atoms with Crippen LogP contribution in [0.3, 0.4) is 0 Å². The minimum Gasteiger partial charge on any atom is -0.756 e. The van der Waals surface area contributed by atoms with E-state index < -0.39 is 82.0 Å². The van der Waals surface area contributed by atoms with Crippen molar-refractivity contribution in [3.8, 4) is 0 Å². The summed E-state index contributed by atoms with van der Waals surface area (Å²) < 4.78 is 46.2. The molecule has 0 spiro atoms. The summed E-state index contributed by atoms with van der Waals surface area (Å²) in [5.74, 6) is -1.35. The molecule has 2 aliphatic heterocycles. The number of aromatic amines is 1. The van der Waals surface area contributed by atoms with E-state index >= 15 is 0 Å². The first-order chi connectivity index (χ1) is 18.5. The highest BCUT2D eigenvalue weighted by molar-refractivity contribution is 7.46. The van der Waals surface area contributed by atoms with Crippen LogP contribution < -0.4 is 27.6 Å². The average Bonchev–Trinajstić information content (AvgIpc) is 3.41. The Bertz CT molecular complexity index is 1510. The molecule has 0 aromatic carbocycles. The topological polar surface area (TPSA) is 291 Å². The summed E-state index contributed by atoms with van der Waals surface area (Å²) >= 11 is 0. The summed E-state index contributed by atoms with van der Waals surface area (Å²) in [6, 6.07) is 1.27. The molecule has 2 aromatic rings. The van der Waals surface area contributed by atoms with Gasteiger partial charge in [0, 0.05) is 36.7 Å². The molecular weight excluding hydrogens is 584 g/mol. The number of H-pyrrole nitrogens is 1. The van der Waals surface area contributed by atoms with Crippen molar-refractivity contribution in [3.63, 3.8) is 0 Å². The zero-order valence-electron chi connectivity index (χ0n) is 20.6. The molecule has 2 saturated heterocycles. The molecule has 19 nitrogen and oxygen atoms in total. The lowest BCUT2D eigenvalue weighted by Gasteiger charge is -2.35. The van der Waals surface area contributed by atoms with E-state index in [0.29, 0.717) is 0 Å². The van der Waals surface area contributed by atoms with E-state index in [4.69, 9.17) is 19.7 Å². The molecule has 7 N–H and O–H groups in total. The second-order valence-electron chi connectivity index (χ2n) is 9.23. The third-order valence-electron chi connectivity index (χ3n) is 6.45. The molecule has 0 radical (unpaired) electrons. The Morgan fingerprint density at radius 1 is 1.20 bits per heavy atom. The van der Waals surface area contributed by atoms with Crippen LogP contribution in [-0.4, -0.2) is 69.9 Å². The second-order valence-corrected chi connectivity index (χ2v) is 11.6. The van der Waals surface area contributed by atoms with Gasteiger partial charge in [-0.2, -0.15) is 4.98 Å². The fourth-order valence-electron chi connectivity index (χ4n) is 4.73. The Balaban J connectivity index is 1.70. The number of aliphatic hydroxyl groups excluding tert-OH is 1. The number of aliphatic hydroxyl groups is 1. The maximum absolute atomic E-state index is 12.4. The van der Waals surface area contributed by atoms with Crippen molar-refractivity contribution in [1.82, 2.24) is 19.1 Å². The van der Waals surface area contributed by atoms with Gasteiger partial charge in [-0.05, 0) is 13.0 Å². The van der Waals surface area contributed by atoms with Crippen molar-refractivity contribution in [2.24, 2.45) is 5.92 Å². The number of aromatic nitrogens is 4. The fraction of sp³-hybridized carbons (Fsp3) is 0.579. The molecule has 2 fully saturated rings. The SMILES string of the molecule is Cc1cn([C@H]2C[C@H](O)[C@H](C(OP(=O)([O-])O)C3C[C@H](n4ccc(N)nc4=O)O[C@H]3COP(=O)(O)O)O2)c(=O)[nH]c1=O. The summed E-state index contributed by atoms with van der Waals surface area (Å²) in [7, 11) is -10.6. The van der Waals surface area contributed by atoms with E-state index in [2.05, 4.69) is 14.5 Å². The molecule has 3 unspecified atom stereocenters. The Kier molecular flexibility index (Phi) is 8.66. The summed E-state index contributed by atoms with van der Waals surface area (Å²) in [5.41, 5.74) is 3.25. The minimum absolute atomic E-state index is 0.104. The molecule has 0 aliphatic carbocycles. The van der Waals surface area contributed by atoms with Crippen LogP contribution in [0.25, 0.3) is 0 Å². The van der Waals surface area contributed by atoms with Gasteiger partial charge in [-0.1, -0.05) is 0 Å². The normalized spacial score (nSPS) is 29.4. The van der Waals surface area contributed by atoms with E-state index in [-0.39, 0.29) is 24.2 Å². The molecule has 2 aliphatic rings. The van der Waals surface area contributed by atoms with E-state index in [0.717, 1.165) is 9.13 Å². The molecule has 8 atom stereocenters. The molecular formula is C19H26N5O14P2-. The number of rotatable bonds is 9. The van der Waals surface area contributed by atoms with Gasteiger partial charge in [-0.3, -0.25) is 28.0 Å². The maximum atomic E-state index is 12.4. The first-order valence-corrected chi connectivity index (χ1v) is 14.6. The number of phosphoric ester groups is 2. The lowest BCUT2D eigenvalue weighted by Crippen LogP contribution is -2.45. The predicted molar refractivity (Wildman–Crippen MR) is 128 cm³/mol. The van der Waals surface area contributed by atoms with Crippen molar-refractivity contribution in [3.05, 3.63) is 55.3 Å². The summed E-state index contributed by atoms with van der Waals surface area (Å²) in [6.45, 7) is 0.584. The largest absolute Gasteiger partial charge is 0.756 e. The van der Waals surface area contributed by atoms with Crippen molar-refractivity contribution >= 4 is 21.5 Å². The number of anilines is 1. The predicted octanol–water partition coefficient (Wildman–Crippen LogP) is -2.81. The smallest absolute Gasteiger partial charge is 0.469 e. The number of phosphoric acid groups is 2. The monoisotopic (exact) mass is 610 g/mol. The number of nitrogens with two attached hydrogens (primary N) is 1. The van der Waals surface area contributed by atoms with Crippen molar-refractivity contribution in [2.45, 2.75) is 56.6 Å². The van der Waals surface area contributed by atoms with Gasteiger partial charge >= 0.3 is 19.2 Å². The second kappa shape index (κ2) is 11.4. The fourth-order valence-corrected chi connectivity index (χ4v) is 5.65. The minimum atomic E-state index is -5.56. The lowest BCUT2D eigenvalue weighted by atomic mass is 9.89. The van der Waals surface area contributed by atoms with Crippen LogP contribution in [0.15, 0.2) is 32.8 Å². The Morgan fingerprint density at radius 2 is 1.88 bits per heavy atom. The van der Waals surface area contributed by atoms with Gasteiger partial charge in [-0.15, -0.1) is 0 Å². The first-order valence-electron chi connectivity index (χ1n) is 11.6. The number of nitrogens with zero attached hydrogens (tertiary/aromatic N) is 3. The molecule has 4 heterocycles.